The van der Waals surface area contributed by atoms with Crippen molar-refractivity contribution in [2.24, 2.45) is 0 Å². The molecule has 0 heterocycles. The largest absolute Gasteiger partial charge is 0.497 e. The van der Waals surface area contributed by atoms with Crippen molar-refractivity contribution in [1.29, 1.82) is 0 Å². The Labute approximate surface area is 170 Å². The lowest BCUT2D eigenvalue weighted by Gasteiger charge is -2.13. The molecule has 0 saturated heterocycles. The molecule has 0 spiro atoms. The number of aryl methyl sites for hydroxylation is 2. The van der Waals surface area contributed by atoms with E-state index in [-0.39, 0.29) is 10.8 Å². The third-order valence-corrected chi connectivity index (χ3v) is 5.88. The maximum absolute atomic E-state index is 12.8. The SMILES string of the molecule is COc1ccc(NS(=O)(=O)c2ccc(C)c(C(=O)Nc3ccccc3C)c2)cc1. The van der Waals surface area contributed by atoms with Crippen molar-refractivity contribution >= 4 is 27.3 Å². The van der Waals surface area contributed by atoms with E-state index < -0.39 is 10.0 Å². The molecule has 1 amide bonds. The average molecular weight is 410 g/mol. The van der Waals surface area contributed by atoms with Gasteiger partial charge >= 0.3 is 0 Å². The molecule has 3 rings (SSSR count). The molecule has 0 aliphatic rings. The number of rotatable bonds is 6. The van der Waals surface area contributed by atoms with E-state index in [0.29, 0.717) is 28.3 Å². The van der Waals surface area contributed by atoms with E-state index in [1.54, 1.807) is 43.3 Å². The molecule has 150 valence electrons. The highest BCUT2D eigenvalue weighted by molar-refractivity contribution is 7.92. The molecule has 7 heteroatoms. The molecule has 3 aromatic carbocycles. The summed E-state index contributed by atoms with van der Waals surface area (Å²) in [7, 11) is -2.32. The molecular formula is C22H22N2O4S. The third-order valence-electron chi connectivity index (χ3n) is 4.50. The summed E-state index contributed by atoms with van der Waals surface area (Å²) in [6.45, 7) is 3.65. The lowest BCUT2D eigenvalue weighted by atomic mass is 10.1. The van der Waals surface area contributed by atoms with E-state index in [1.807, 2.05) is 25.1 Å². The zero-order valence-corrected chi connectivity index (χ0v) is 17.2. The number of benzene rings is 3. The van der Waals surface area contributed by atoms with Gasteiger partial charge in [0.05, 0.1) is 12.0 Å². The molecule has 0 fully saturated rings. The summed E-state index contributed by atoms with van der Waals surface area (Å²) in [5.74, 6) is 0.261. The van der Waals surface area contributed by atoms with E-state index in [0.717, 1.165) is 5.56 Å². The predicted molar refractivity (Wildman–Crippen MR) is 114 cm³/mol. The molecular weight excluding hydrogens is 388 g/mol. The van der Waals surface area contributed by atoms with Crippen LogP contribution in [0.15, 0.2) is 71.6 Å². The summed E-state index contributed by atoms with van der Waals surface area (Å²) < 4.78 is 33.2. The lowest BCUT2D eigenvalue weighted by molar-refractivity contribution is 0.102. The van der Waals surface area contributed by atoms with Crippen LogP contribution in [-0.4, -0.2) is 21.4 Å². The number of sulfonamides is 1. The first-order valence-corrected chi connectivity index (χ1v) is 10.4. The fourth-order valence-electron chi connectivity index (χ4n) is 2.79. The van der Waals surface area contributed by atoms with Crippen LogP contribution in [0.3, 0.4) is 0 Å². The van der Waals surface area contributed by atoms with Gasteiger partial charge in [-0.15, -0.1) is 0 Å². The third kappa shape index (κ3) is 4.75. The van der Waals surface area contributed by atoms with E-state index in [9.17, 15) is 13.2 Å². The monoisotopic (exact) mass is 410 g/mol. The fourth-order valence-corrected chi connectivity index (χ4v) is 3.87. The molecule has 0 aliphatic heterocycles. The minimum Gasteiger partial charge on any atom is -0.497 e. The number of para-hydroxylation sites is 1. The number of anilines is 2. The van der Waals surface area contributed by atoms with Gasteiger partial charge in [0.25, 0.3) is 15.9 Å². The maximum atomic E-state index is 12.8. The van der Waals surface area contributed by atoms with Gasteiger partial charge in [-0.25, -0.2) is 8.42 Å². The molecule has 2 N–H and O–H groups in total. The summed E-state index contributed by atoms with van der Waals surface area (Å²) in [4.78, 5) is 12.8. The number of hydrogen-bond acceptors (Lipinski definition) is 4. The van der Waals surface area contributed by atoms with Gasteiger partial charge in [-0.3, -0.25) is 9.52 Å². The van der Waals surface area contributed by atoms with Gasteiger partial charge in [0.2, 0.25) is 0 Å². The highest BCUT2D eigenvalue weighted by Crippen LogP contribution is 2.22. The number of methoxy groups -OCH3 is 1. The lowest BCUT2D eigenvalue weighted by Crippen LogP contribution is -2.17. The minimum atomic E-state index is -3.86. The number of hydrogen-bond donors (Lipinski definition) is 2. The Bertz CT molecular complexity index is 1140. The van der Waals surface area contributed by atoms with Crippen LogP contribution in [0.1, 0.15) is 21.5 Å². The smallest absolute Gasteiger partial charge is 0.261 e. The molecule has 0 saturated carbocycles. The highest BCUT2D eigenvalue weighted by Gasteiger charge is 2.19. The molecule has 0 radical (unpaired) electrons. The Morgan fingerprint density at radius 3 is 2.24 bits per heavy atom. The minimum absolute atomic E-state index is 0.00820. The van der Waals surface area contributed by atoms with Crippen LogP contribution in [0.25, 0.3) is 0 Å². The summed E-state index contributed by atoms with van der Waals surface area (Å²) in [5.41, 5.74) is 2.98. The molecule has 6 nitrogen and oxygen atoms in total. The van der Waals surface area contributed by atoms with Gasteiger partial charge in [-0.2, -0.15) is 0 Å². The number of carbonyl (C=O) groups is 1. The Balaban J connectivity index is 1.87. The second kappa shape index (κ2) is 8.36. The molecule has 0 atom stereocenters. The van der Waals surface area contributed by atoms with Crippen molar-refractivity contribution in [3.05, 3.63) is 83.4 Å². The first-order chi connectivity index (χ1) is 13.8. The second-order valence-corrected chi connectivity index (χ2v) is 8.26. The Morgan fingerprint density at radius 1 is 0.897 bits per heavy atom. The molecule has 29 heavy (non-hydrogen) atoms. The van der Waals surface area contributed by atoms with Crippen molar-refractivity contribution in [1.82, 2.24) is 0 Å². The van der Waals surface area contributed by atoms with Crippen LogP contribution in [-0.2, 0) is 10.0 Å². The summed E-state index contributed by atoms with van der Waals surface area (Å²) in [6, 6.07) is 18.4. The standard InChI is InChI=1S/C22H22N2O4S/c1-15-8-13-19(29(26,27)24-17-9-11-18(28-3)12-10-17)14-20(15)22(25)23-21-7-5-4-6-16(21)2/h4-14,24H,1-3H3,(H,23,25). The van der Waals surface area contributed by atoms with E-state index in [1.165, 1.54) is 19.2 Å². The first-order valence-electron chi connectivity index (χ1n) is 8.94. The average Bonchev–Trinajstić information content (AvgIpc) is 2.70. The Hall–Kier alpha value is -3.32. The first kappa shape index (κ1) is 20.4. The zero-order chi connectivity index (χ0) is 21.0. The zero-order valence-electron chi connectivity index (χ0n) is 16.4. The van der Waals surface area contributed by atoms with E-state index in [2.05, 4.69) is 10.0 Å². The summed E-state index contributed by atoms with van der Waals surface area (Å²) in [5, 5.41) is 2.84. The van der Waals surface area contributed by atoms with Gasteiger partial charge in [0, 0.05) is 16.9 Å². The quantitative estimate of drug-likeness (QED) is 0.632. The Kier molecular flexibility index (Phi) is 5.89. The van der Waals surface area contributed by atoms with Crippen molar-refractivity contribution in [2.75, 3.05) is 17.1 Å². The number of nitrogens with one attached hydrogen (secondary N) is 2. The number of carbonyl (C=O) groups excluding carboxylic acids is 1. The molecule has 0 aliphatic carbocycles. The van der Waals surface area contributed by atoms with Crippen LogP contribution in [0.2, 0.25) is 0 Å². The molecule has 0 bridgehead atoms. The van der Waals surface area contributed by atoms with Crippen molar-refractivity contribution in [3.8, 4) is 5.75 Å². The molecule has 3 aromatic rings. The predicted octanol–water partition coefficient (Wildman–Crippen LogP) is 4.37. The van der Waals surface area contributed by atoms with Gasteiger partial charge in [-0.05, 0) is 67.4 Å². The van der Waals surface area contributed by atoms with Crippen LogP contribution in [0.5, 0.6) is 5.75 Å². The second-order valence-electron chi connectivity index (χ2n) is 6.58. The number of amides is 1. The molecule has 0 unspecified atom stereocenters. The van der Waals surface area contributed by atoms with Gasteiger partial charge in [0.15, 0.2) is 0 Å². The van der Waals surface area contributed by atoms with Crippen molar-refractivity contribution in [2.45, 2.75) is 18.7 Å². The number of ether oxygens (including phenoxy) is 1. The van der Waals surface area contributed by atoms with E-state index >= 15 is 0 Å². The normalized spacial score (nSPS) is 11.0. The van der Waals surface area contributed by atoms with Crippen molar-refractivity contribution < 1.29 is 17.9 Å². The van der Waals surface area contributed by atoms with Crippen LogP contribution < -0.4 is 14.8 Å². The van der Waals surface area contributed by atoms with Crippen LogP contribution >= 0.6 is 0 Å². The highest BCUT2D eigenvalue weighted by atomic mass is 32.2. The van der Waals surface area contributed by atoms with Gasteiger partial charge in [0.1, 0.15) is 5.75 Å². The maximum Gasteiger partial charge on any atom is 0.261 e. The Morgan fingerprint density at radius 2 is 1.59 bits per heavy atom. The van der Waals surface area contributed by atoms with E-state index in [4.69, 9.17) is 4.74 Å². The van der Waals surface area contributed by atoms with Crippen LogP contribution in [0.4, 0.5) is 11.4 Å². The van der Waals surface area contributed by atoms with Gasteiger partial charge in [-0.1, -0.05) is 24.3 Å². The van der Waals surface area contributed by atoms with Gasteiger partial charge < -0.3 is 10.1 Å². The molecule has 0 aromatic heterocycles. The fraction of sp³-hybridized carbons (Fsp3) is 0.136. The summed E-state index contributed by atoms with van der Waals surface area (Å²) >= 11 is 0. The van der Waals surface area contributed by atoms with Crippen molar-refractivity contribution in [3.63, 3.8) is 0 Å². The van der Waals surface area contributed by atoms with Crippen LogP contribution in [0, 0.1) is 13.8 Å². The summed E-state index contributed by atoms with van der Waals surface area (Å²) in [6.07, 6.45) is 0. The topological polar surface area (TPSA) is 84.5 Å².